The molecule has 0 aliphatic rings. The number of hydrogen-bond donors (Lipinski definition) is 0. The maximum Gasteiger partial charge on any atom is 0.436 e. The van der Waals surface area contributed by atoms with Gasteiger partial charge >= 0.3 is 18.2 Å². The number of nitrogens with zero attached hydrogens (tertiary/aromatic N) is 2. The zero-order valence-corrected chi connectivity index (χ0v) is 22.7. The van der Waals surface area contributed by atoms with Crippen molar-refractivity contribution in [2.45, 2.75) is 65.3 Å². The SMILES string of the molecule is CC(C)(C)OC(=O)/N=c1\scc(CC(=O)OC(c2ccccc2)c2ccccc2)n1C(=O)OC(C)(C)C. The molecule has 2 aromatic carbocycles. The van der Waals surface area contributed by atoms with Crippen molar-refractivity contribution in [2.75, 3.05) is 0 Å². The van der Waals surface area contributed by atoms with Crippen LogP contribution < -0.4 is 4.80 Å². The van der Waals surface area contributed by atoms with E-state index < -0.39 is 35.5 Å². The molecule has 0 atom stereocenters. The van der Waals surface area contributed by atoms with E-state index in [1.807, 2.05) is 60.7 Å². The van der Waals surface area contributed by atoms with Crippen LogP contribution in [0.2, 0.25) is 0 Å². The first-order valence-electron chi connectivity index (χ1n) is 11.8. The molecule has 196 valence electrons. The van der Waals surface area contributed by atoms with Crippen LogP contribution in [0, 0.1) is 0 Å². The predicted octanol–water partition coefficient (Wildman–Crippen LogP) is 6.04. The second-order valence-corrected chi connectivity index (χ2v) is 11.1. The van der Waals surface area contributed by atoms with Gasteiger partial charge in [-0.25, -0.2) is 14.2 Å². The molecule has 0 saturated carbocycles. The molecule has 0 aliphatic carbocycles. The summed E-state index contributed by atoms with van der Waals surface area (Å²) < 4.78 is 17.8. The van der Waals surface area contributed by atoms with E-state index in [0.717, 1.165) is 27.0 Å². The summed E-state index contributed by atoms with van der Waals surface area (Å²) in [5, 5.41) is 1.58. The van der Waals surface area contributed by atoms with Gasteiger partial charge in [0.2, 0.25) is 4.80 Å². The second-order valence-electron chi connectivity index (χ2n) is 10.3. The van der Waals surface area contributed by atoms with E-state index in [9.17, 15) is 14.4 Å². The highest BCUT2D eigenvalue weighted by molar-refractivity contribution is 7.07. The van der Waals surface area contributed by atoms with E-state index in [1.54, 1.807) is 46.9 Å². The minimum atomic E-state index is -0.853. The molecule has 1 heterocycles. The number of rotatable bonds is 5. The van der Waals surface area contributed by atoms with E-state index in [4.69, 9.17) is 14.2 Å². The molecule has 8 nitrogen and oxygen atoms in total. The quantitative estimate of drug-likeness (QED) is 0.298. The van der Waals surface area contributed by atoms with Crippen LogP contribution >= 0.6 is 11.3 Å². The number of carbonyl (C=O) groups is 3. The van der Waals surface area contributed by atoms with Crippen molar-refractivity contribution in [3.8, 4) is 0 Å². The molecule has 0 unspecified atom stereocenters. The van der Waals surface area contributed by atoms with Gasteiger partial charge in [0.25, 0.3) is 0 Å². The molecule has 0 N–H and O–H groups in total. The second kappa shape index (κ2) is 11.6. The number of aromatic nitrogens is 1. The minimum Gasteiger partial charge on any atom is -0.452 e. The van der Waals surface area contributed by atoms with Gasteiger partial charge in [-0.3, -0.25) is 4.79 Å². The average Bonchev–Trinajstić information content (AvgIpc) is 3.18. The van der Waals surface area contributed by atoms with Gasteiger partial charge in [-0.15, -0.1) is 16.3 Å². The smallest absolute Gasteiger partial charge is 0.436 e. The predicted molar refractivity (Wildman–Crippen MR) is 140 cm³/mol. The van der Waals surface area contributed by atoms with Crippen LogP contribution in [0.1, 0.15) is 64.5 Å². The van der Waals surface area contributed by atoms with Gasteiger partial charge < -0.3 is 14.2 Å². The first-order chi connectivity index (χ1) is 17.3. The molecule has 0 bridgehead atoms. The molecule has 0 saturated heterocycles. The summed E-state index contributed by atoms with van der Waals surface area (Å²) in [6.07, 6.45) is -2.49. The zero-order valence-electron chi connectivity index (χ0n) is 21.9. The van der Waals surface area contributed by atoms with E-state index in [2.05, 4.69) is 4.99 Å². The van der Waals surface area contributed by atoms with Gasteiger partial charge in [0.15, 0.2) is 6.10 Å². The molecule has 0 spiro atoms. The average molecular weight is 525 g/mol. The minimum absolute atomic E-state index is 0.0361. The van der Waals surface area contributed by atoms with Crippen LogP contribution in [0.3, 0.4) is 0 Å². The Balaban J connectivity index is 1.93. The van der Waals surface area contributed by atoms with Gasteiger partial charge in [0.1, 0.15) is 11.2 Å². The van der Waals surface area contributed by atoms with E-state index >= 15 is 0 Å². The molecule has 3 rings (SSSR count). The number of benzene rings is 2. The third-order valence-electron chi connectivity index (χ3n) is 4.71. The fourth-order valence-corrected chi connectivity index (χ4v) is 4.17. The van der Waals surface area contributed by atoms with Crippen molar-refractivity contribution >= 4 is 29.5 Å². The van der Waals surface area contributed by atoms with Gasteiger partial charge in [-0.1, -0.05) is 60.7 Å². The number of carbonyl (C=O) groups excluding carboxylic acids is 3. The number of ether oxygens (including phenoxy) is 3. The molecule has 0 aliphatic heterocycles. The van der Waals surface area contributed by atoms with Gasteiger partial charge in [-0.2, -0.15) is 0 Å². The summed E-state index contributed by atoms with van der Waals surface area (Å²) in [7, 11) is 0. The van der Waals surface area contributed by atoms with Crippen molar-refractivity contribution in [3.05, 3.63) is 87.7 Å². The highest BCUT2D eigenvalue weighted by Crippen LogP contribution is 2.26. The highest BCUT2D eigenvalue weighted by Gasteiger charge is 2.25. The van der Waals surface area contributed by atoms with Crippen molar-refractivity contribution in [1.29, 1.82) is 0 Å². The Morgan fingerprint density at radius 3 is 1.84 bits per heavy atom. The van der Waals surface area contributed by atoms with Crippen molar-refractivity contribution in [2.24, 2.45) is 4.99 Å². The monoisotopic (exact) mass is 524 g/mol. The topological polar surface area (TPSA) is 96.2 Å². The first-order valence-corrected chi connectivity index (χ1v) is 12.7. The Hall–Kier alpha value is -3.72. The Bertz CT molecular complexity index is 1260. The fourth-order valence-electron chi connectivity index (χ4n) is 3.32. The van der Waals surface area contributed by atoms with Crippen molar-refractivity contribution in [1.82, 2.24) is 4.57 Å². The van der Waals surface area contributed by atoms with Crippen molar-refractivity contribution in [3.63, 3.8) is 0 Å². The lowest BCUT2D eigenvalue weighted by atomic mass is 10.0. The molecular formula is C28H32N2O6S. The molecule has 0 radical (unpaired) electrons. The van der Waals surface area contributed by atoms with Crippen LogP contribution in [-0.4, -0.2) is 33.9 Å². The number of esters is 1. The third-order valence-corrected chi connectivity index (χ3v) is 5.59. The lowest BCUT2D eigenvalue weighted by Crippen LogP contribution is -2.34. The van der Waals surface area contributed by atoms with Gasteiger partial charge in [0, 0.05) is 5.38 Å². The molecular weight excluding hydrogens is 492 g/mol. The Kier molecular flexibility index (Phi) is 8.70. The van der Waals surface area contributed by atoms with Crippen molar-refractivity contribution < 1.29 is 28.6 Å². The lowest BCUT2D eigenvalue weighted by Gasteiger charge is -2.21. The maximum atomic E-state index is 13.1. The van der Waals surface area contributed by atoms with Crippen LogP contribution in [0.4, 0.5) is 9.59 Å². The number of amides is 1. The van der Waals surface area contributed by atoms with E-state index in [-0.39, 0.29) is 16.9 Å². The van der Waals surface area contributed by atoms with Crippen LogP contribution in [0.15, 0.2) is 71.0 Å². The largest absolute Gasteiger partial charge is 0.452 e. The van der Waals surface area contributed by atoms with Crippen LogP contribution in [0.25, 0.3) is 0 Å². The summed E-state index contributed by atoms with van der Waals surface area (Å²) >= 11 is 1.03. The summed E-state index contributed by atoms with van der Waals surface area (Å²) in [4.78, 5) is 42.5. The van der Waals surface area contributed by atoms with E-state index in [0.29, 0.717) is 0 Å². The molecule has 9 heteroatoms. The lowest BCUT2D eigenvalue weighted by molar-refractivity contribution is -0.146. The molecule has 0 fully saturated rings. The Morgan fingerprint density at radius 2 is 1.35 bits per heavy atom. The third kappa shape index (κ3) is 8.42. The van der Waals surface area contributed by atoms with Gasteiger partial charge in [-0.05, 0) is 52.7 Å². The Morgan fingerprint density at radius 1 is 0.838 bits per heavy atom. The first kappa shape index (κ1) is 27.9. The highest BCUT2D eigenvalue weighted by atomic mass is 32.1. The molecule has 3 aromatic rings. The zero-order chi connectivity index (χ0) is 27.2. The number of thiazole rings is 1. The Labute approximate surface area is 220 Å². The summed E-state index contributed by atoms with van der Waals surface area (Å²) in [5.41, 5.74) is 0.344. The molecule has 1 aromatic heterocycles. The summed E-state index contributed by atoms with van der Waals surface area (Å²) in [5.74, 6) is -0.559. The molecule has 1 amide bonds. The fraction of sp³-hybridized carbons (Fsp3) is 0.357. The molecule has 37 heavy (non-hydrogen) atoms. The van der Waals surface area contributed by atoms with Crippen LogP contribution in [-0.2, 0) is 25.4 Å². The maximum absolute atomic E-state index is 13.1. The number of hydrogen-bond acceptors (Lipinski definition) is 7. The normalized spacial score (nSPS) is 12.4. The summed E-state index contributed by atoms with van der Waals surface area (Å²) in [6, 6.07) is 18.8. The van der Waals surface area contributed by atoms with Gasteiger partial charge in [0.05, 0.1) is 12.1 Å². The standard InChI is InChI=1S/C28H32N2O6S/c1-27(2,3)35-25(32)29-24-30(26(33)36-28(4,5)6)21(18-37-24)17-22(31)34-23(19-13-9-7-10-14-19)20-15-11-8-12-16-20/h7-16,18,23H,17H2,1-6H3/b29-24-. The van der Waals surface area contributed by atoms with E-state index in [1.165, 1.54) is 0 Å². The summed E-state index contributed by atoms with van der Waals surface area (Å²) in [6.45, 7) is 10.3. The van der Waals surface area contributed by atoms with Crippen LogP contribution in [0.5, 0.6) is 0 Å².